The fourth-order valence-corrected chi connectivity index (χ4v) is 3.06. The number of nitrogens with one attached hydrogen (secondary N) is 1. The van der Waals surface area contributed by atoms with Crippen molar-refractivity contribution in [2.45, 2.75) is 53.2 Å². The fraction of sp³-hybridized carbons (Fsp3) is 1.00. The minimum absolute atomic E-state index is 0.0583. The van der Waals surface area contributed by atoms with Gasteiger partial charge in [0.15, 0.2) is 0 Å². The summed E-state index contributed by atoms with van der Waals surface area (Å²) in [7, 11) is 2.19. The van der Waals surface area contributed by atoms with Crippen molar-refractivity contribution in [3.63, 3.8) is 0 Å². The lowest BCUT2D eigenvalue weighted by Crippen LogP contribution is -2.51. The molecule has 3 atom stereocenters. The normalized spacial score (nSPS) is 28.7. The van der Waals surface area contributed by atoms with Crippen LogP contribution in [0.3, 0.4) is 0 Å². The average molecular weight is 256 g/mol. The lowest BCUT2D eigenvalue weighted by Gasteiger charge is -2.39. The van der Waals surface area contributed by atoms with E-state index in [1.54, 1.807) is 0 Å². The van der Waals surface area contributed by atoms with Crippen molar-refractivity contribution in [3.8, 4) is 0 Å². The van der Waals surface area contributed by atoms with E-state index in [9.17, 15) is 5.11 Å². The first kappa shape index (κ1) is 15.9. The number of hydrogen-bond donors (Lipinski definition) is 2. The highest BCUT2D eigenvalue weighted by atomic mass is 16.3. The van der Waals surface area contributed by atoms with Crippen molar-refractivity contribution in [2.75, 3.05) is 26.7 Å². The monoisotopic (exact) mass is 256 g/mol. The highest BCUT2D eigenvalue weighted by Gasteiger charge is 2.32. The van der Waals surface area contributed by atoms with E-state index < -0.39 is 0 Å². The van der Waals surface area contributed by atoms with E-state index in [1.165, 1.54) is 19.5 Å². The summed E-state index contributed by atoms with van der Waals surface area (Å²) in [5, 5.41) is 13.9. The van der Waals surface area contributed by atoms with Crippen LogP contribution in [0.25, 0.3) is 0 Å². The van der Waals surface area contributed by atoms with Gasteiger partial charge in [-0.05, 0) is 31.8 Å². The summed E-state index contributed by atoms with van der Waals surface area (Å²) in [5.74, 6) is 1.01. The highest BCUT2D eigenvalue weighted by molar-refractivity contribution is 4.87. The molecule has 3 heteroatoms. The third-order valence-corrected chi connectivity index (χ3v) is 4.36. The van der Waals surface area contributed by atoms with Gasteiger partial charge in [0.05, 0.1) is 6.10 Å². The van der Waals surface area contributed by atoms with Crippen molar-refractivity contribution in [1.29, 1.82) is 0 Å². The molecule has 0 aliphatic carbocycles. The number of aliphatic hydroxyl groups excluding tert-OH is 1. The predicted octanol–water partition coefficient (Wildman–Crippen LogP) is 1.96. The number of aliphatic hydroxyl groups is 1. The predicted molar refractivity (Wildman–Crippen MR) is 77.7 cm³/mol. The van der Waals surface area contributed by atoms with Crippen LogP contribution in [0.1, 0.15) is 41.0 Å². The Hall–Kier alpha value is -0.120. The SMILES string of the molecule is CC(C)C(O)C(C)(C)CNC1CCN(C)CC1C. The van der Waals surface area contributed by atoms with Crippen molar-refractivity contribution in [2.24, 2.45) is 17.3 Å². The minimum Gasteiger partial charge on any atom is -0.392 e. The summed E-state index contributed by atoms with van der Waals surface area (Å²) < 4.78 is 0. The molecular formula is C15H32N2O. The molecule has 0 saturated carbocycles. The van der Waals surface area contributed by atoms with Crippen molar-refractivity contribution >= 4 is 0 Å². The van der Waals surface area contributed by atoms with Crippen molar-refractivity contribution < 1.29 is 5.11 Å². The summed E-state index contributed by atoms with van der Waals surface area (Å²) in [6, 6.07) is 0.597. The quantitative estimate of drug-likeness (QED) is 0.789. The van der Waals surface area contributed by atoms with Gasteiger partial charge >= 0.3 is 0 Å². The molecular weight excluding hydrogens is 224 g/mol. The molecule has 0 bridgehead atoms. The van der Waals surface area contributed by atoms with Gasteiger partial charge in [0, 0.05) is 24.5 Å². The van der Waals surface area contributed by atoms with Gasteiger partial charge in [-0.1, -0.05) is 34.6 Å². The maximum atomic E-state index is 10.2. The molecule has 1 aliphatic heterocycles. The molecule has 3 unspecified atom stereocenters. The smallest absolute Gasteiger partial charge is 0.0626 e. The zero-order valence-electron chi connectivity index (χ0n) is 13.0. The number of rotatable bonds is 5. The lowest BCUT2D eigenvalue weighted by molar-refractivity contribution is 0.00931. The second-order valence-electron chi connectivity index (χ2n) is 7.19. The van der Waals surface area contributed by atoms with Crippen LogP contribution in [0.2, 0.25) is 0 Å². The van der Waals surface area contributed by atoms with Gasteiger partial charge in [0.2, 0.25) is 0 Å². The summed E-state index contributed by atoms with van der Waals surface area (Å²) >= 11 is 0. The van der Waals surface area contributed by atoms with Crippen LogP contribution in [-0.4, -0.2) is 48.8 Å². The highest BCUT2D eigenvalue weighted by Crippen LogP contribution is 2.26. The van der Waals surface area contributed by atoms with Crippen molar-refractivity contribution in [1.82, 2.24) is 10.2 Å². The second-order valence-corrected chi connectivity index (χ2v) is 7.19. The number of nitrogens with zero attached hydrogens (tertiary/aromatic N) is 1. The van der Waals surface area contributed by atoms with Gasteiger partial charge in [-0.15, -0.1) is 0 Å². The molecule has 3 nitrogen and oxygen atoms in total. The Morgan fingerprint density at radius 2 is 2.00 bits per heavy atom. The van der Waals surface area contributed by atoms with E-state index in [-0.39, 0.29) is 11.5 Å². The molecule has 0 aromatic carbocycles. The van der Waals surface area contributed by atoms with Crippen LogP contribution in [0.15, 0.2) is 0 Å². The molecule has 1 fully saturated rings. The van der Waals surface area contributed by atoms with E-state index in [1.807, 2.05) is 0 Å². The largest absolute Gasteiger partial charge is 0.392 e. The Balaban J connectivity index is 2.44. The summed E-state index contributed by atoms with van der Waals surface area (Å²) in [4.78, 5) is 2.40. The molecule has 0 radical (unpaired) electrons. The third kappa shape index (κ3) is 4.22. The Morgan fingerprint density at radius 1 is 1.39 bits per heavy atom. The van der Waals surface area contributed by atoms with E-state index in [2.05, 4.69) is 51.9 Å². The maximum Gasteiger partial charge on any atom is 0.0626 e. The molecule has 0 aromatic heterocycles. The van der Waals surface area contributed by atoms with Gasteiger partial charge in [0.1, 0.15) is 0 Å². The first-order valence-corrected chi connectivity index (χ1v) is 7.34. The van der Waals surface area contributed by atoms with E-state index in [4.69, 9.17) is 0 Å². The molecule has 1 heterocycles. The lowest BCUT2D eigenvalue weighted by atomic mass is 9.80. The molecule has 1 saturated heterocycles. The van der Waals surface area contributed by atoms with Gasteiger partial charge in [-0.25, -0.2) is 0 Å². The maximum absolute atomic E-state index is 10.2. The fourth-order valence-electron chi connectivity index (χ4n) is 3.06. The molecule has 1 rings (SSSR count). The van der Waals surface area contributed by atoms with Gasteiger partial charge < -0.3 is 15.3 Å². The first-order valence-electron chi connectivity index (χ1n) is 7.34. The Bertz CT molecular complexity index is 253. The van der Waals surface area contributed by atoms with Crippen molar-refractivity contribution in [3.05, 3.63) is 0 Å². The molecule has 0 amide bonds. The third-order valence-electron chi connectivity index (χ3n) is 4.36. The van der Waals surface area contributed by atoms with Crippen LogP contribution >= 0.6 is 0 Å². The summed E-state index contributed by atoms with van der Waals surface area (Å²) in [5.41, 5.74) is -0.0583. The van der Waals surface area contributed by atoms with E-state index in [0.29, 0.717) is 17.9 Å². The topological polar surface area (TPSA) is 35.5 Å². The number of piperidine rings is 1. The van der Waals surface area contributed by atoms with Crippen LogP contribution in [0, 0.1) is 17.3 Å². The second kappa shape index (κ2) is 6.36. The van der Waals surface area contributed by atoms with Crippen LogP contribution in [0.4, 0.5) is 0 Å². The van der Waals surface area contributed by atoms with Crippen LogP contribution in [0.5, 0.6) is 0 Å². The molecule has 0 spiro atoms. The van der Waals surface area contributed by atoms with Crippen LogP contribution in [-0.2, 0) is 0 Å². The summed E-state index contributed by atoms with van der Waals surface area (Å²) in [6.07, 6.45) is 0.970. The Morgan fingerprint density at radius 3 is 2.50 bits per heavy atom. The summed E-state index contributed by atoms with van der Waals surface area (Å²) in [6.45, 7) is 14.0. The molecule has 1 aliphatic rings. The van der Waals surface area contributed by atoms with Gasteiger partial charge in [-0.3, -0.25) is 0 Å². The van der Waals surface area contributed by atoms with E-state index in [0.717, 1.165) is 6.54 Å². The first-order chi connectivity index (χ1) is 8.24. The minimum atomic E-state index is -0.244. The molecule has 18 heavy (non-hydrogen) atoms. The number of hydrogen-bond acceptors (Lipinski definition) is 3. The van der Waals surface area contributed by atoms with Gasteiger partial charge in [-0.2, -0.15) is 0 Å². The van der Waals surface area contributed by atoms with E-state index >= 15 is 0 Å². The molecule has 2 N–H and O–H groups in total. The standard InChI is InChI=1S/C15H32N2O/c1-11(2)14(18)15(4,5)10-16-13-7-8-17(6)9-12(13)3/h11-14,16,18H,7-10H2,1-6H3. The van der Waals surface area contributed by atoms with Crippen LogP contribution < -0.4 is 5.32 Å². The Kier molecular flexibility index (Phi) is 5.63. The molecule has 0 aromatic rings. The Labute approximate surface area is 113 Å². The average Bonchev–Trinajstić information content (AvgIpc) is 2.26. The zero-order chi connectivity index (χ0) is 13.9. The van der Waals surface area contributed by atoms with Gasteiger partial charge in [0.25, 0.3) is 0 Å². The zero-order valence-corrected chi connectivity index (χ0v) is 13.0. The molecule has 108 valence electrons. The number of likely N-dealkylation sites (tertiary alicyclic amines) is 1.